The Hall–Kier alpha value is 3.75. The zero-order valence-corrected chi connectivity index (χ0v) is 1.74. The average molecular weight is 343 g/mol. The molecule has 0 aliphatic carbocycles. The van der Waals surface area contributed by atoms with Crippen LogP contribution in [-0.2, 0) is 17.1 Å². The Morgan fingerprint density at radius 1 is 1.00 bits per heavy atom. The molecule has 0 saturated heterocycles. The van der Waals surface area contributed by atoms with Crippen LogP contribution in [0.4, 0.5) is 0 Å². The summed E-state index contributed by atoms with van der Waals surface area (Å²) in [4.78, 5) is 0. The van der Waals surface area contributed by atoms with Crippen LogP contribution >= 0.6 is 0 Å². The Kier molecular flexibility index (Phi) is 188. The van der Waals surface area contributed by atoms with E-state index in [1.807, 2.05) is 0 Å². The Labute approximate surface area is 124 Å². The summed E-state index contributed by atoms with van der Waals surface area (Å²) in [6, 6.07) is 0. The molecule has 0 aromatic carbocycles. The van der Waals surface area contributed by atoms with Gasteiger partial charge in [-0.15, -0.1) is 0 Å². The van der Waals surface area contributed by atoms with Crippen LogP contribution in [0.5, 0.6) is 0 Å². The van der Waals surface area contributed by atoms with E-state index in [1.165, 1.54) is 0 Å². The van der Waals surface area contributed by atoms with E-state index in [9.17, 15) is 0 Å². The van der Waals surface area contributed by atoms with Crippen LogP contribution in [0.2, 0.25) is 0 Å². The van der Waals surface area contributed by atoms with Crippen LogP contribution in [0.15, 0.2) is 0 Å². The van der Waals surface area contributed by atoms with Gasteiger partial charge in [0.25, 0.3) is 0 Å². The SMILES string of the molecule is O.[BaH2].[Cu].[SiH4].[SrH2]. The summed E-state index contributed by atoms with van der Waals surface area (Å²) < 4.78 is 0. The quantitative estimate of drug-likeness (QED) is 0.401. The molecule has 0 saturated carbocycles. The molecule has 0 aliphatic heterocycles. The van der Waals surface area contributed by atoms with E-state index in [-0.39, 0.29) is 128 Å². The number of hydrogen-bond acceptors (Lipinski definition) is 0. The molecular weight excluding hydrogens is 333 g/mol. The molecule has 0 fully saturated rings. The summed E-state index contributed by atoms with van der Waals surface area (Å²) in [6.45, 7) is 0. The molecule has 5 heteroatoms. The van der Waals surface area contributed by atoms with Crippen molar-refractivity contribution in [1.29, 1.82) is 0 Å². The first-order valence-electron chi connectivity index (χ1n) is 0. The molecule has 0 aromatic rings. The molecule has 0 bridgehead atoms. The second-order valence-corrected chi connectivity index (χ2v) is 0. The molecule has 1 radical (unpaired) electrons. The van der Waals surface area contributed by atoms with Gasteiger partial charge in [0.2, 0.25) is 0 Å². The van der Waals surface area contributed by atoms with Gasteiger partial charge in [-0.2, -0.15) is 0 Å². The zero-order valence-electron chi connectivity index (χ0n) is 0.802. The minimum atomic E-state index is 0. The van der Waals surface area contributed by atoms with Gasteiger partial charge in [0.05, 0.1) is 0 Å². The first kappa shape index (κ1) is 37.4. The summed E-state index contributed by atoms with van der Waals surface area (Å²) in [7, 11) is 0. The second-order valence-electron chi connectivity index (χ2n) is 0. The van der Waals surface area contributed by atoms with Gasteiger partial charge in [-0.25, -0.2) is 0 Å². The minimum absolute atomic E-state index is 0. The van der Waals surface area contributed by atoms with Crippen LogP contribution < -0.4 is 0 Å². The normalized spacial score (nSPS) is 0. The summed E-state index contributed by atoms with van der Waals surface area (Å²) in [6.07, 6.45) is 0. The maximum absolute atomic E-state index is 0. The van der Waals surface area contributed by atoms with Crippen LogP contribution in [0, 0.1) is 0 Å². The van der Waals surface area contributed by atoms with Crippen LogP contribution in [0.3, 0.4) is 0 Å². The Morgan fingerprint density at radius 2 is 1.00 bits per heavy atom. The predicted octanol–water partition coefficient (Wildman–Crippen LogP) is -4.11. The Bertz CT molecular complexity index is 11.6. The summed E-state index contributed by atoms with van der Waals surface area (Å²) >= 11 is 0. The standard InChI is InChI=1S/Ba.Cu.H2O.H4Si.Sr.4H/h;;1H2;1H4;;;;;. The fourth-order valence-corrected chi connectivity index (χ4v) is 0. The fourth-order valence-electron chi connectivity index (χ4n) is 0. The van der Waals surface area contributed by atoms with Crippen LogP contribution in [0.25, 0.3) is 0 Å². The fraction of sp³-hybridized carbons (Fsp3) is 0. The van der Waals surface area contributed by atoms with E-state index in [4.69, 9.17) is 0 Å². The van der Waals surface area contributed by atoms with E-state index >= 15 is 0 Å². The van der Waals surface area contributed by atoms with Gasteiger partial charge in [0, 0.05) is 17.1 Å². The van der Waals surface area contributed by atoms with Gasteiger partial charge in [-0.3, -0.25) is 0 Å². The Balaban J connectivity index is 0. The molecule has 0 rings (SSSR count). The van der Waals surface area contributed by atoms with Crippen LogP contribution in [-0.4, -0.2) is 111 Å². The molecule has 0 unspecified atom stereocenters. The maximum atomic E-state index is 0. The zero-order chi connectivity index (χ0) is 0. The van der Waals surface area contributed by atoms with Crippen molar-refractivity contribution >= 4 is 105 Å². The van der Waals surface area contributed by atoms with E-state index in [0.717, 1.165) is 0 Å². The van der Waals surface area contributed by atoms with Crippen LogP contribution in [0.1, 0.15) is 0 Å². The molecule has 35 valence electrons. The number of rotatable bonds is 0. The van der Waals surface area contributed by atoms with Gasteiger partial charge in [0.1, 0.15) is 0 Å². The second kappa shape index (κ2) is 25.1. The first-order valence-corrected chi connectivity index (χ1v) is 0. The molecule has 0 heterocycles. The number of hydrogen-bond donors (Lipinski definition) is 0. The molecule has 5 heavy (non-hydrogen) atoms. The molecule has 0 amide bonds. The Morgan fingerprint density at radius 3 is 1.00 bits per heavy atom. The topological polar surface area (TPSA) is 31.5 Å². The van der Waals surface area contributed by atoms with E-state index in [2.05, 4.69) is 0 Å². The third kappa shape index (κ3) is 18.2. The molecular formula is H10BaCuOSiSr. The van der Waals surface area contributed by atoms with Crippen molar-refractivity contribution in [2.45, 2.75) is 0 Å². The average Bonchev–Trinajstić information content (AvgIpc) is 0. The molecule has 1 nitrogen and oxygen atoms in total. The molecule has 0 spiro atoms. The third-order valence-corrected chi connectivity index (χ3v) is 0. The molecule has 0 aromatic heterocycles. The van der Waals surface area contributed by atoms with Gasteiger partial charge >= 0.3 is 94.4 Å². The van der Waals surface area contributed by atoms with E-state index in [0.29, 0.717) is 0 Å². The molecule has 0 aliphatic rings. The van der Waals surface area contributed by atoms with Crippen molar-refractivity contribution in [2.24, 2.45) is 0 Å². The van der Waals surface area contributed by atoms with E-state index < -0.39 is 0 Å². The summed E-state index contributed by atoms with van der Waals surface area (Å²) in [5.74, 6) is 0. The van der Waals surface area contributed by atoms with Crippen molar-refractivity contribution in [3.05, 3.63) is 0 Å². The summed E-state index contributed by atoms with van der Waals surface area (Å²) in [5, 5.41) is 0. The van der Waals surface area contributed by atoms with Crippen molar-refractivity contribution < 1.29 is 22.5 Å². The predicted molar refractivity (Wildman–Crippen MR) is 32.0 cm³/mol. The van der Waals surface area contributed by atoms with Gasteiger partial charge in [-0.1, -0.05) is 0 Å². The van der Waals surface area contributed by atoms with Crippen molar-refractivity contribution in [1.82, 2.24) is 0 Å². The van der Waals surface area contributed by atoms with Gasteiger partial charge in [0.15, 0.2) is 0 Å². The van der Waals surface area contributed by atoms with Gasteiger partial charge in [-0.05, 0) is 11.0 Å². The van der Waals surface area contributed by atoms with Crippen molar-refractivity contribution in [2.75, 3.05) is 0 Å². The van der Waals surface area contributed by atoms with E-state index in [1.54, 1.807) is 0 Å². The third-order valence-electron chi connectivity index (χ3n) is 0. The first-order chi connectivity index (χ1) is 0. The van der Waals surface area contributed by atoms with Crippen molar-refractivity contribution in [3.8, 4) is 0 Å². The summed E-state index contributed by atoms with van der Waals surface area (Å²) in [5.41, 5.74) is 0. The molecule has 2 N–H and O–H groups in total. The monoisotopic (exact) mass is 343 g/mol. The van der Waals surface area contributed by atoms with Crippen molar-refractivity contribution in [3.63, 3.8) is 0 Å². The van der Waals surface area contributed by atoms with Gasteiger partial charge < -0.3 is 5.48 Å². The molecule has 0 atom stereocenters.